The molecule has 104 valence electrons. The Labute approximate surface area is 120 Å². The van der Waals surface area contributed by atoms with Crippen LogP contribution in [0.1, 0.15) is 16.8 Å². The number of carboxylic acid groups (broad SMARTS) is 1. The van der Waals surface area contributed by atoms with Gasteiger partial charge in [-0.15, -0.1) is 0 Å². The molecule has 1 aromatic heterocycles. The van der Waals surface area contributed by atoms with Gasteiger partial charge in [-0.05, 0) is 24.6 Å². The molecule has 0 atom stereocenters. The van der Waals surface area contributed by atoms with Crippen LogP contribution in [-0.4, -0.2) is 20.9 Å². The molecule has 1 N–H and O–H groups in total. The second-order valence-corrected chi connectivity index (χ2v) is 4.67. The average Bonchev–Trinajstić information content (AvgIpc) is 2.71. The number of hydrogen-bond donors (Lipinski definition) is 1. The monoisotopic (exact) mass is 294 g/mol. The molecule has 0 saturated carbocycles. The molecule has 0 radical (unpaired) electrons. The molecule has 1 aromatic carbocycles. The van der Waals surface area contributed by atoms with Gasteiger partial charge in [0.25, 0.3) is 0 Å². The second kappa shape index (κ2) is 5.88. The quantitative estimate of drug-likeness (QED) is 0.882. The molecule has 0 aliphatic carbocycles. The smallest absolute Gasteiger partial charge is 0.328 e. The minimum Gasteiger partial charge on any atom is -0.478 e. The molecule has 0 saturated heterocycles. The van der Waals surface area contributed by atoms with E-state index in [1.165, 1.54) is 18.3 Å². The molecule has 0 spiro atoms. The Morgan fingerprint density at radius 1 is 1.55 bits per heavy atom. The summed E-state index contributed by atoms with van der Waals surface area (Å²) in [5.41, 5.74) is 1.71. The number of halogens is 2. The van der Waals surface area contributed by atoms with Crippen LogP contribution in [0.15, 0.2) is 30.5 Å². The highest BCUT2D eigenvalue weighted by Gasteiger charge is 2.08. The van der Waals surface area contributed by atoms with Crippen molar-refractivity contribution in [3.05, 3.63) is 58.1 Å². The SMILES string of the molecule is Cc1c(Cl)cnn1Cc1ccc(C=CC(=O)O)cc1F. The maximum absolute atomic E-state index is 13.9. The summed E-state index contributed by atoms with van der Waals surface area (Å²) >= 11 is 5.89. The number of nitrogens with zero attached hydrogens (tertiary/aromatic N) is 2. The van der Waals surface area contributed by atoms with E-state index in [0.717, 1.165) is 11.8 Å². The lowest BCUT2D eigenvalue weighted by Gasteiger charge is -2.07. The highest BCUT2D eigenvalue weighted by molar-refractivity contribution is 6.31. The molecule has 0 fully saturated rings. The van der Waals surface area contributed by atoms with Crippen LogP contribution in [0.5, 0.6) is 0 Å². The predicted octanol–water partition coefficient (Wildman–Crippen LogP) is 3.13. The Kier molecular flexibility index (Phi) is 4.20. The third-order valence-electron chi connectivity index (χ3n) is 2.86. The first-order valence-electron chi connectivity index (χ1n) is 5.84. The number of aromatic nitrogens is 2. The summed E-state index contributed by atoms with van der Waals surface area (Å²) < 4.78 is 15.5. The van der Waals surface area contributed by atoms with Crippen molar-refractivity contribution >= 4 is 23.6 Å². The molecule has 20 heavy (non-hydrogen) atoms. The normalized spacial score (nSPS) is 11.2. The lowest BCUT2D eigenvalue weighted by Crippen LogP contribution is -2.05. The number of carbonyl (C=O) groups is 1. The van der Waals surface area contributed by atoms with Crippen molar-refractivity contribution in [3.8, 4) is 0 Å². The first kappa shape index (κ1) is 14.3. The van der Waals surface area contributed by atoms with E-state index in [2.05, 4.69) is 5.10 Å². The van der Waals surface area contributed by atoms with E-state index in [-0.39, 0.29) is 6.54 Å². The van der Waals surface area contributed by atoms with Crippen LogP contribution >= 0.6 is 11.6 Å². The Hall–Kier alpha value is -2.14. The zero-order valence-electron chi connectivity index (χ0n) is 10.7. The summed E-state index contributed by atoms with van der Waals surface area (Å²) in [7, 11) is 0. The fourth-order valence-electron chi connectivity index (χ4n) is 1.71. The van der Waals surface area contributed by atoms with Gasteiger partial charge in [0.1, 0.15) is 5.82 Å². The topological polar surface area (TPSA) is 55.1 Å². The molecule has 0 aliphatic rings. The standard InChI is InChI=1S/C14H12ClFN2O2/c1-9-12(15)7-17-18(9)8-11-4-2-10(6-13(11)16)3-5-14(19)20/h2-7H,8H2,1H3,(H,19,20). The van der Waals surface area contributed by atoms with E-state index in [9.17, 15) is 9.18 Å². The van der Waals surface area contributed by atoms with Gasteiger partial charge >= 0.3 is 5.97 Å². The van der Waals surface area contributed by atoms with Crippen LogP contribution in [0.3, 0.4) is 0 Å². The van der Waals surface area contributed by atoms with Crippen LogP contribution in [0.2, 0.25) is 5.02 Å². The minimum absolute atomic E-state index is 0.271. The van der Waals surface area contributed by atoms with Gasteiger partial charge in [0, 0.05) is 11.6 Å². The van der Waals surface area contributed by atoms with Crippen molar-refractivity contribution < 1.29 is 14.3 Å². The van der Waals surface area contributed by atoms with Gasteiger partial charge in [0.05, 0.1) is 23.5 Å². The van der Waals surface area contributed by atoms with Gasteiger partial charge in [-0.2, -0.15) is 5.10 Å². The summed E-state index contributed by atoms with van der Waals surface area (Å²) in [5, 5.41) is 13.1. The van der Waals surface area contributed by atoms with Crippen molar-refractivity contribution in [2.45, 2.75) is 13.5 Å². The van der Waals surface area contributed by atoms with E-state index in [0.29, 0.717) is 16.1 Å². The van der Waals surface area contributed by atoms with E-state index in [1.54, 1.807) is 23.7 Å². The molecule has 2 aromatic rings. The van der Waals surface area contributed by atoms with Gasteiger partial charge in [0.15, 0.2) is 0 Å². The summed E-state index contributed by atoms with van der Waals surface area (Å²) in [5.74, 6) is -1.49. The van der Waals surface area contributed by atoms with Crippen LogP contribution in [0.4, 0.5) is 4.39 Å². The van der Waals surface area contributed by atoms with Gasteiger partial charge in [-0.25, -0.2) is 9.18 Å². The maximum Gasteiger partial charge on any atom is 0.328 e. The second-order valence-electron chi connectivity index (χ2n) is 4.26. The van der Waals surface area contributed by atoms with Crippen molar-refractivity contribution in [2.75, 3.05) is 0 Å². The van der Waals surface area contributed by atoms with Crippen LogP contribution < -0.4 is 0 Å². The molecule has 1 heterocycles. The minimum atomic E-state index is -1.07. The van der Waals surface area contributed by atoms with Crippen molar-refractivity contribution in [1.29, 1.82) is 0 Å². The Balaban J connectivity index is 2.22. The third-order valence-corrected chi connectivity index (χ3v) is 3.23. The molecule has 6 heteroatoms. The highest BCUT2D eigenvalue weighted by Crippen LogP contribution is 2.17. The number of hydrogen-bond acceptors (Lipinski definition) is 2. The zero-order chi connectivity index (χ0) is 14.7. The molecule has 0 unspecified atom stereocenters. The largest absolute Gasteiger partial charge is 0.478 e. The highest BCUT2D eigenvalue weighted by atomic mass is 35.5. The molecule has 0 aliphatic heterocycles. The van der Waals surface area contributed by atoms with Gasteiger partial charge < -0.3 is 5.11 Å². The molecule has 2 rings (SSSR count). The Morgan fingerprint density at radius 2 is 2.30 bits per heavy atom. The summed E-state index contributed by atoms with van der Waals surface area (Å²) in [6.45, 7) is 2.07. The van der Waals surface area contributed by atoms with Crippen LogP contribution in [-0.2, 0) is 11.3 Å². The number of rotatable bonds is 4. The van der Waals surface area contributed by atoms with E-state index >= 15 is 0 Å². The molecular weight excluding hydrogens is 283 g/mol. The maximum atomic E-state index is 13.9. The predicted molar refractivity (Wildman–Crippen MR) is 74.1 cm³/mol. The number of carboxylic acids is 1. The lowest BCUT2D eigenvalue weighted by atomic mass is 10.1. The Morgan fingerprint density at radius 3 is 2.85 bits per heavy atom. The molecular formula is C14H12ClFN2O2. The number of benzene rings is 1. The first-order chi connectivity index (χ1) is 9.47. The lowest BCUT2D eigenvalue weighted by molar-refractivity contribution is -0.131. The third kappa shape index (κ3) is 3.24. The van der Waals surface area contributed by atoms with E-state index in [4.69, 9.17) is 16.7 Å². The van der Waals surface area contributed by atoms with Crippen LogP contribution in [0.25, 0.3) is 6.08 Å². The molecule has 4 nitrogen and oxygen atoms in total. The Bertz CT molecular complexity index is 680. The average molecular weight is 295 g/mol. The zero-order valence-corrected chi connectivity index (χ0v) is 11.4. The van der Waals surface area contributed by atoms with Crippen molar-refractivity contribution in [1.82, 2.24) is 9.78 Å². The van der Waals surface area contributed by atoms with Crippen LogP contribution in [0, 0.1) is 12.7 Å². The van der Waals surface area contributed by atoms with Crippen molar-refractivity contribution in [3.63, 3.8) is 0 Å². The van der Waals surface area contributed by atoms with E-state index < -0.39 is 11.8 Å². The fourth-order valence-corrected chi connectivity index (χ4v) is 1.85. The fraction of sp³-hybridized carbons (Fsp3) is 0.143. The number of aliphatic carboxylic acids is 1. The summed E-state index contributed by atoms with van der Waals surface area (Å²) in [6.07, 6.45) is 3.82. The molecule has 0 bridgehead atoms. The summed E-state index contributed by atoms with van der Waals surface area (Å²) in [4.78, 5) is 10.4. The molecule has 0 amide bonds. The first-order valence-corrected chi connectivity index (χ1v) is 6.22. The van der Waals surface area contributed by atoms with Gasteiger partial charge in [0.2, 0.25) is 0 Å². The van der Waals surface area contributed by atoms with Gasteiger partial charge in [-0.1, -0.05) is 23.7 Å². The van der Waals surface area contributed by atoms with Crippen molar-refractivity contribution in [2.24, 2.45) is 0 Å². The summed E-state index contributed by atoms with van der Waals surface area (Å²) in [6, 6.07) is 4.54. The van der Waals surface area contributed by atoms with E-state index in [1.807, 2.05) is 0 Å². The van der Waals surface area contributed by atoms with Gasteiger partial charge in [-0.3, -0.25) is 4.68 Å².